The molecule has 0 spiro atoms. The fourth-order valence-corrected chi connectivity index (χ4v) is 3.20. The monoisotopic (exact) mass is 418 g/mol. The number of hydrogen-bond donors (Lipinski definition) is 1. The van der Waals surface area contributed by atoms with Crippen LogP contribution in [0.4, 0.5) is 5.69 Å². The molecule has 1 heterocycles. The van der Waals surface area contributed by atoms with Crippen molar-refractivity contribution >= 4 is 46.1 Å². The highest BCUT2D eigenvalue weighted by Crippen LogP contribution is 2.30. The number of nitrogens with one attached hydrogen (secondary N) is 1. The predicted molar refractivity (Wildman–Crippen MR) is 115 cm³/mol. The van der Waals surface area contributed by atoms with Crippen molar-refractivity contribution in [3.63, 3.8) is 0 Å². The van der Waals surface area contributed by atoms with Gasteiger partial charge in [0.25, 0.3) is 0 Å². The summed E-state index contributed by atoms with van der Waals surface area (Å²) in [6.07, 6.45) is -0.535. The van der Waals surface area contributed by atoms with E-state index < -0.39 is 6.29 Å². The van der Waals surface area contributed by atoms with Crippen LogP contribution in [-0.4, -0.2) is 44.3 Å². The third-order valence-corrected chi connectivity index (χ3v) is 4.68. The zero-order valence-electron chi connectivity index (χ0n) is 15.7. The van der Waals surface area contributed by atoms with Crippen LogP contribution in [0.1, 0.15) is 18.1 Å². The molecule has 8 heteroatoms. The van der Waals surface area contributed by atoms with Crippen molar-refractivity contribution < 1.29 is 9.47 Å². The summed E-state index contributed by atoms with van der Waals surface area (Å²) >= 11 is 12.6. The number of hydrazone groups is 1. The van der Waals surface area contributed by atoms with Crippen LogP contribution in [0.3, 0.4) is 0 Å². The number of ether oxygens (including phenoxy) is 2. The Kier molecular flexibility index (Phi) is 6.80. The minimum absolute atomic E-state index is 0.300. The third-order valence-electron chi connectivity index (χ3n) is 4.12. The molecule has 6 nitrogen and oxygen atoms in total. The second-order valence-electron chi connectivity index (χ2n) is 6.03. The Morgan fingerprint density at radius 3 is 2.57 bits per heavy atom. The molecule has 3 rings (SSSR count). The van der Waals surface area contributed by atoms with E-state index in [1.54, 1.807) is 27.2 Å². The van der Waals surface area contributed by atoms with Crippen molar-refractivity contribution in [3.05, 3.63) is 63.6 Å². The summed E-state index contributed by atoms with van der Waals surface area (Å²) in [6.45, 7) is 2.10. The van der Waals surface area contributed by atoms with Gasteiger partial charge in [0.1, 0.15) is 5.84 Å². The first kappa shape index (κ1) is 20.5. The standard InChI is InChI=1S/C20H20Cl2N4O2/c1-12(20(27-2)28-3)25-26-18-11-23-19(14-6-4-5-7-16(14)22)15-10-13(21)8-9-17(15)24-18/h4-10,20H,11H2,1-3H3,(H,24,26). The van der Waals surface area contributed by atoms with Crippen LogP contribution < -0.4 is 5.43 Å². The first-order valence-corrected chi connectivity index (χ1v) is 9.31. The summed E-state index contributed by atoms with van der Waals surface area (Å²) in [5.41, 5.74) is 6.68. The third kappa shape index (κ3) is 4.59. The Morgan fingerprint density at radius 2 is 1.86 bits per heavy atom. The molecule has 0 saturated carbocycles. The number of amidine groups is 1. The first-order valence-electron chi connectivity index (χ1n) is 8.56. The van der Waals surface area contributed by atoms with Gasteiger partial charge in [0.05, 0.1) is 23.7 Å². The topological polar surface area (TPSA) is 67.6 Å². The van der Waals surface area contributed by atoms with E-state index >= 15 is 0 Å². The molecule has 0 fully saturated rings. The summed E-state index contributed by atoms with van der Waals surface area (Å²) in [7, 11) is 3.10. The summed E-state index contributed by atoms with van der Waals surface area (Å²) in [4.78, 5) is 9.40. The van der Waals surface area contributed by atoms with E-state index in [-0.39, 0.29) is 0 Å². The fraction of sp³-hybridized carbons (Fsp3) is 0.250. The quantitative estimate of drug-likeness (QED) is 0.442. The van der Waals surface area contributed by atoms with Crippen molar-refractivity contribution in [2.24, 2.45) is 15.1 Å². The van der Waals surface area contributed by atoms with Crippen molar-refractivity contribution in [1.82, 2.24) is 5.43 Å². The lowest BCUT2D eigenvalue weighted by atomic mass is 10.0. The van der Waals surface area contributed by atoms with Crippen LogP contribution in [0, 0.1) is 0 Å². The average molecular weight is 419 g/mol. The molecule has 0 saturated heterocycles. The van der Waals surface area contributed by atoms with E-state index in [0.717, 1.165) is 22.5 Å². The molecule has 0 unspecified atom stereocenters. The molecular formula is C20H20Cl2N4O2. The Labute approximate surface area is 173 Å². The van der Waals surface area contributed by atoms with Crippen molar-refractivity contribution in [2.45, 2.75) is 13.2 Å². The van der Waals surface area contributed by atoms with Gasteiger partial charge in [-0.2, -0.15) is 5.10 Å². The van der Waals surface area contributed by atoms with Gasteiger partial charge in [-0.15, -0.1) is 0 Å². The van der Waals surface area contributed by atoms with E-state index in [1.165, 1.54) is 0 Å². The Hall–Kier alpha value is -2.25. The molecule has 2 aromatic rings. The highest BCUT2D eigenvalue weighted by molar-refractivity contribution is 6.36. The second-order valence-corrected chi connectivity index (χ2v) is 6.88. The lowest BCUT2D eigenvalue weighted by Crippen LogP contribution is -2.28. The van der Waals surface area contributed by atoms with Gasteiger partial charge < -0.3 is 9.47 Å². The Morgan fingerprint density at radius 1 is 1.11 bits per heavy atom. The summed E-state index contributed by atoms with van der Waals surface area (Å²) in [5, 5.41) is 5.51. The van der Waals surface area contributed by atoms with Gasteiger partial charge >= 0.3 is 0 Å². The maximum atomic E-state index is 6.41. The lowest BCUT2D eigenvalue weighted by molar-refractivity contribution is -0.0525. The maximum absolute atomic E-state index is 6.41. The molecule has 146 valence electrons. The minimum atomic E-state index is -0.535. The van der Waals surface area contributed by atoms with E-state index in [9.17, 15) is 0 Å². The summed E-state index contributed by atoms with van der Waals surface area (Å²) in [5.74, 6) is 0.580. The van der Waals surface area contributed by atoms with Crippen LogP contribution in [0.15, 0.2) is 57.6 Å². The molecule has 0 atom stereocenters. The normalized spacial score (nSPS) is 14.3. The lowest BCUT2D eigenvalue weighted by Gasteiger charge is -2.13. The van der Waals surface area contributed by atoms with E-state index in [0.29, 0.717) is 28.1 Å². The van der Waals surface area contributed by atoms with Crippen molar-refractivity contribution in [2.75, 3.05) is 20.8 Å². The molecule has 28 heavy (non-hydrogen) atoms. The van der Waals surface area contributed by atoms with Crippen LogP contribution in [0.5, 0.6) is 0 Å². The van der Waals surface area contributed by atoms with Gasteiger partial charge in [-0.3, -0.25) is 10.4 Å². The first-order chi connectivity index (χ1) is 13.5. The van der Waals surface area contributed by atoms with Gasteiger partial charge in [0.2, 0.25) is 0 Å². The van der Waals surface area contributed by atoms with E-state index in [1.807, 2.05) is 36.4 Å². The molecule has 1 aliphatic heterocycles. The molecule has 2 aromatic carbocycles. The molecular weight excluding hydrogens is 399 g/mol. The van der Waals surface area contributed by atoms with Crippen molar-refractivity contribution in [1.29, 1.82) is 0 Å². The van der Waals surface area contributed by atoms with Gasteiger partial charge in [-0.25, -0.2) is 4.99 Å². The number of rotatable bonds is 5. The molecule has 1 N–H and O–H groups in total. The smallest absolute Gasteiger partial charge is 0.198 e. The molecule has 0 aliphatic carbocycles. The SMILES string of the molecule is COC(OC)C(C)=NNC1=Nc2ccc(Cl)cc2C(c2ccccc2Cl)=NC1. The fourth-order valence-electron chi connectivity index (χ4n) is 2.80. The van der Waals surface area contributed by atoms with Gasteiger partial charge in [-0.1, -0.05) is 41.4 Å². The molecule has 0 radical (unpaired) electrons. The van der Waals surface area contributed by atoms with Crippen LogP contribution in [0.2, 0.25) is 10.0 Å². The molecule has 1 aliphatic rings. The summed E-state index contributed by atoms with van der Waals surface area (Å²) in [6, 6.07) is 13.0. The highest BCUT2D eigenvalue weighted by Gasteiger charge is 2.19. The molecule has 0 aromatic heterocycles. The van der Waals surface area contributed by atoms with Gasteiger partial charge in [0, 0.05) is 35.4 Å². The predicted octanol–water partition coefficient (Wildman–Crippen LogP) is 4.46. The van der Waals surface area contributed by atoms with E-state index in [2.05, 4.69) is 15.5 Å². The number of fused-ring (bicyclic) bond motifs is 1. The molecule has 0 bridgehead atoms. The summed E-state index contributed by atoms with van der Waals surface area (Å²) < 4.78 is 10.4. The van der Waals surface area contributed by atoms with Crippen LogP contribution in [0.25, 0.3) is 0 Å². The molecule has 0 amide bonds. The number of methoxy groups -OCH3 is 2. The number of nitrogens with zero attached hydrogens (tertiary/aromatic N) is 3. The number of benzene rings is 2. The number of hydrogen-bond acceptors (Lipinski definition) is 6. The average Bonchev–Trinajstić information content (AvgIpc) is 2.87. The number of halogens is 2. The Bertz CT molecular complexity index is 953. The van der Waals surface area contributed by atoms with Gasteiger partial charge in [0.15, 0.2) is 6.29 Å². The van der Waals surface area contributed by atoms with Crippen LogP contribution >= 0.6 is 23.2 Å². The van der Waals surface area contributed by atoms with Crippen LogP contribution in [-0.2, 0) is 9.47 Å². The van der Waals surface area contributed by atoms with E-state index in [4.69, 9.17) is 37.7 Å². The minimum Gasteiger partial charge on any atom is -0.351 e. The number of aliphatic imine (C=N–C) groups is 2. The highest BCUT2D eigenvalue weighted by atomic mass is 35.5. The maximum Gasteiger partial charge on any atom is 0.198 e. The second kappa shape index (κ2) is 9.30. The zero-order valence-corrected chi connectivity index (χ0v) is 17.3. The zero-order chi connectivity index (χ0) is 20.1. The van der Waals surface area contributed by atoms with Gasteiger partial charge in [-0.05, 0) is 31.2 Å². The largest absolute Gasteiger partial charge is 0.351 e. The van der Waals surface area contributed by atoms with Crippen molar-refractivity contribution in [3.8, 4) is 0 Å². The Balaban J connectivity index is 1.99.